The van der Waals surface area contributed by atoms with Gasteiger partial charge in [-0.1, -0.05) is 30.5 Å². The smallest absolute Gasteiger partial charge is 0.241 e. The largest absolute Gasteiger partial charge is 0.394 e. The highest BCUT2D eigenvalue weighted by molar-refractivity contribution is 7.89. The molecule has 0 aromatic heterocycles. The number of aliphatic hydroxyl groups excluding tert-OH is 1. The summed E-state index contributed by atoms with van der Waals surface area (Å²) in [4.78, 5) is 0.350. The number of aryl methyl sites for hydroxylation is 3. The van der Waals surface area contributed by atoms with E-state index in [-0.39, 0.29) is 6.61 Å². The van der Waals surface area contributed by atoms with Crippen LogP contribution in [-0.4, -0.2) is 25.7 Å². The molecule has 4 nitrogen and oxygen atoms in total. The van der Waals surface area contributed by atoms with E-state index in [4.69, 9.17) is 0 Å². The van der Waals surface area contributed by atoms with E-state index in [2.05, 4.69) is 4.72 Å². The fourth-order valence-corrected chi connectivity index (χ4v) is 5.18. The van der Waals surface area contributed by atoms with Crippen LogP contribution in [0.25, 0.3) is 0 Å². The Kier molecular flexibility index (Phi) is 4.23. The van der Waals surface area contributed by atoms with Gasteiger partial charge in [-0.15, -0.1) is 0 Å². The Morgan fingerprint density at radius 2 is 1.65 bits per heavy atom. The fourth-order valence-electron chi connectivity index (χ4n) is 3.27. The maximum atomic E-state index is 12.7. The normalized spacial score (nSPS) is 18.4. The zero-order chi connectivity index (χ0) is 15.0. The van der Waals surface area contributed by atoms with E-state index >= 15 is 0 Å². The van der Waals surface area contributed by atoms with Crippen molar-refractivity contribution in [2.24, 2.45) is 0 Å². The summed E-state index contributed by atoms with van der Waals surface area (Å²) in [5, 5.41) is 9.58. The van der Waals surface area contributed by atoms with Gasteiger partial charge in [-0.3, -0.25) is 0 Å². The molecular weight excluding hydrogens is 274 g/mol. The topological polar surface area (TPSA) is 66.4 Å². The molecule has 1 saturated carbocycles. The van der Waals surface area contributed by atoms with Gasteiger partial charge >= 0.3 is 0 Å². The molecule has 1 aliphatic carbocycles. The van der Waals surface area contributed by atoms with Gasteiger partial charge in [0.15, 0.2) is 0 Å². The first-order valence-corrected chi connectivity index (χ1v) is 8.51. The van der Waals surface area contributed by atoms with Crippen molar-refractivity contribution in [2.45, 2.75) is 56.9 Å². The highest BCUT2D eigenvalue weighted by Gasteiger charge is 2.38. The number of hydrogen-bond donors (Lipinski definition) is 2. The molecule has 2 rings (SSSR count). The minimum atomic E-state index is -3.60. The van der Waals surface area contributed by atoms with Crippen molar-refractivity contribution in [3.8, 4) is 0 Å². The van der Waals surface area contributed by atoms with Crippen molar-refractivity contribution in [3.05, 3.63) is 28.8 Å². The van der Waals surface area contributed by atoms with Crippen LogP contribution in [0.4, 0.5) is 0 Å². The molecule has 0 heterocycles. The number of nitrogens with one attached hydrogen (secondary N) is 1. The lowest BCUT2D eigenvalue weighted by Crippen LogP contribution is -2.49. The molecule has 1 aromatic carbocycles. The van der Waals surface area contributed by atoms with Crippen LogP contribution in [0.15, 0.2) is 17.0 Å². The van der Waals surface area contributed by atoms with Gasteiger partial charge in [0, 0.05) is 0 Å². The van der Waals surface area contributed by atoms with Crippen LogP contribution in [0.3, 0.4) is 0 Å². The van der Waals surface area contributed by atoms with Crippen LogP contribution in [0.5, 0.6) is 0 Å². The molecule has 0 spiro atoms. The Hall–Kier alpha value is -0.910. The quantitative estimate of drug-likeness (QED) is 0.895. The van der Waals surface area contributed by atoms with Crippen molar-refractivity contribution in [1.82, 2.24) is 4.72 Å². The third-order valence-electron chi connectivity index (χ3n) is 4.09. The molecule has 0 bridgehead atoms. The van der Waals surface area contributed by atoms with Crippen LogP contribution in [0, 0.1) is 20.8 Å². The molecule has 112 valence electrons. The monoisotopic (exact) mass is 297 g/mol. The third kappa shape index (κ3) is 2.90. The van der Waals surface area contributed by atoms with Gasteiger partial charge in [0.05, 0.1) is 17.0 Å². The minimum Gasteiger partial charge on any atom is -0.394 e. The highest BCUT2D eigenvalue weighted by atomic mass is 32.2. The summed E-state index contributed by atoms with van der Waals surface area (Å²) in [6, 6.07) is 3.75. The molecule has 1 aliphatic rings. The molecule has 0 saturated heterocycles. The molecule has 1 aromatic rings. The summed E-state index contributed by atoms with van der Waals surface area (Å²) in [6.45, 7) is 5.44. The van der Waals surface area contributed by atoms with Gasteiger partial charge < -0.3 is 5.11 Å². The first-order valence-electron chi connectivity index (χ1n) is 7.02. The Morgan fingerprint density at radius 1 is 1.15 bits per heavy atom. The van der Waals surface area contributed by atoms with Gasteiger partial charge in [-0.2, -0.15) is 0 Å². The van der Waals surface area contributed by atoms with Crippen LogP contribution in [-0.2, 0) is 10.0 Å². The number of aliphatic hydroxyl groups is 1. The molecule has 0 unspecified atom stereocenters. The molecule has 0 atom stereocenters. The second kappa shape index (κ2) is 5.47. The van der Waals surface area contributed by atoms with E-state index in [9.17, 15) is 13.5 Å². The zero-order valence-electron chi connectivity index (χ0n) is 12.4. The molecular formula is C15H23NO3S. The molecule has 5 heteroatoms. The predicted octanol–water partition coefficient (Wildman–Crippen LogP) is 2.20. The minimum absolute atomic E-state index is 0.143. The fraction of sp³-hybridized carbons (Fsp3) is 0.600. The summed E-state index contributed by atoms with van der Waals surface area (Å²) < 4.78 is 28.1. The van der Waals surface area contributed by atoms with Crippen LogP contribution < -0.4 is 4.72 Å². The molecule has 20 heavy (non-hydrogen) atoms. The van der Waals surface area contributed by atoms with Crippen molar-refractivity contribution in [2.75, 3.05) is 6.61 Å². The lowest BCUT2D eigenvalue weighted by molar-refractivity contribution is 0.185. The van der Waals surface area contributed by atoms with E-state index in [0.717, 1.165) is 29.5 Å². The maximum Gasteiger partial charge on any atom is 0.241 e. The number of rotatable bonds is 4. The second-order valence-corrected chi connectivity index (χ2v) is 7.60. The standard InChI is InChI=1S/C15H23NO3S/c1-11-8-12(2)14(13(3)9-11)20(18,19)16-15(10-17)6-4-5-7-15/h8-9,16-17H,4-7,10H2,1-3H3. The maximum absolute atomic E-state index is 12.7. The average molecular weight is 297 g/mol. The number of hydrogen-bond acceptors (Lipinski definition) is 3. The first-order chi connectivity index (χ1) is 9.30. The van der Waals surface area contributed by atoms with E-state index < -0.39 is 15.6 Å². The van der Waals surface area contributed by atoms with Gasteiger partial charge in [0.1, 0.15) is 0 Å². The van der Waals surface area contributed by atoms with E-state index in [1.165, 1.54) is 0 Å². The van der Waals surface area contributed by atoms with E-state index in [0.29, 0.717) is 17.7 Å². The van der Waals surface area contributed by atoms with Crippen LogP contribution in [0.1, 0.15) is 42.4 Å². The molecule has 2 N–H and O–H groups in total. The van der Waals surface area contributed by atoms with Gasteiger partial charge in [-0.05, 0) is 44.7 Å². The van der Waals surface area contributed by atoms with Crippen LogP contribution in [0.2, 0.25) is 0 Å². The van der Waals surface area contributed by atoms with Gasteiger partial charge in [0.2, 0.25) is 10.0 Å². The molecule has 0 radical (unpaired) electrons. The van der Waals surface area contributed by atoms with Gasteiger partial charge in [-0.25, -0.2) is 13.1 Å². The first kappa shape index (κ1) is 15.5. The molecule has 0 aliphatic heterocycles. The third-order valence-corrected chi connectivity index (χ3v) is 5.97. The Morgan fingerprint density at radius 3 is 2.10 bits per heavy atom. The van der Waals surface area contributed by atoms with Crippen molar-refractivity contribution in [3.63, 3.8) is 0 Å². The van der Waals surface area contributed by atoms with E-state index in [1.807, 2.05) is 32.9 Å². The summed E-state index contributed by atoms with van der Waals surface area (Å²) in [7, 11) is -3.60. The highest BCUT2D eigenvalue weighted by Crippen LogP contribution is 2.32. The predicted molar refractivity (Wildman–Crippen MR) is 79.3 cm³/mol. The Bertz CT molecular complexity index is 579. The van der Waals surface area contributed by atoms with Crippen molar-refractivity contribution < 1.29 is 13.5 Å². The van der Waals surface area contributed by atoms with E-state index in [1.54, 1.807) is 0 Å². The SMILES string of the molecule is Cc1cc(C)c(S(=O)(=O)NC2(CO)CCCC2)c(C)c1. The second-order valence-electron chi connectivity index (χ2n) is 5.98. The zero-order valence-corrected chi connectivity index (χ0v) is 13.2. The lowest BCUT2D eigenvalue weighted by Gasteiger charge is -2.28. The summed E-state index contributed by atoms with van der Waals surface area (Å²) in [5.41, 5.74) is 1.88. The Labute approximate surface area is 121 Å². The summed E-state index contributed by atoms with van der Waals surface area (Å²) in [5.74, 6) is 0. The van der Waals surface area contributed by atoms with Crippen molar-refractivity contribution >= 4 is 10.0 Å². The molecule has 0 amide bonds. The summed E-state index contributed by atoms with van der Waals surface area (Å²) in [6.07, 6.45) is 3.31. The van der Waals surface area contributed by atoms with Gasteiger partial charge in [0.25, 0.3) is 0 Å². The van der Waals surface area contributed by atoms with Crippen molar-refractivity contribution in [1.29, 1.82) is 0 Å². The Balaban J connectivity index is 2.41. The van der Waals surface area contributed by atoms with Crippen LogP contribution >= 0.6 is 0 Å². The number of sulfonamides is 1. The summed E-state index contributed by atoms with van der Waals surface area (Å²) >= 11 is 0. The number of benzene rings is 1. The lowest BCUT2D eigenvalue weighted by atomic mass is 10.0. The molecule has 1 fully saturated rings. The average Bonchev–Trinajstić information content (AvgIpc) is 2.75.